The fraction of sp³-hybridized carbons (Fsp3) is 0.143. The second-order valence-electron chi connectivity index (χ2n) is 9.15. The summed E-state index contributed by atoms with van der Waals surface area (Å²) in [4.78, 5) is 41.4. The molecule has 12 N–H and O–H groups in total. The van der Waals surface area contributed by atoms with Crippen LogP contribution in [0.15, 0.2) is 71.8 Å². The lowest BCUT2D eigenvalue weighted by Gasteiger charge is -2.14. The maximum absolute atomic E-state index is 12.9. The Bertz CT molecular complexity index is 1580. The van der Waals surface area contributed by atoms with Crippen molar-refractivity contribution in [1.82, 2.24) is 16.1 Å². The van der Waals surface area contributed by atoms with Crippen LogP contribution in [-0.4, -0.2) is 55.6 Å². The first-order valence-electron chi connectivity index (χ1n) is 13.0. The number of hydrogen-bond donors (Lipinski definition) is 10. The van der Waals surface area contributed by atoms with Gasteiger partial charge in [0.2, 0.25) is 0 Å². The van der Waals surface area contributed by atoms with Crippen LogP contribution in [0.4, 0.5) is 32.3 Å². The average Bonchev–Trinajstić information content (AvgIpc) is 3.51. The van der Waals surface area contributed by atoms with Crippen molar-refractivity contribution in [3.63, 3.8) is 0 Å². The highest BCUT2D eigenvalue weighted by Gasteiger charge is 2.17. The van der Waals surface area contributed by atoms with Crippen LogP contribution in [0.3, 0.4) is 0 Å². The number of nitrogens with zero attached hydrogens (tertiary/aromatic N) is 1. The highest BCUT2D eigenvalue weighted by atomic mass is 16.2. The predicted molar refractivity (Wildman–Crippen MR) is 162 cm³/mol. The Hall–Kier alpha value is -5.92. The second-order valence-corrected chi connectivity index (χ2v) is 9.15. The quantitative estimate of drug-likeness (QED) is 0.0944. The molecule has 0 fully saturated rings. The van der Waals surface area contributed by atoms with Crippen molar-refractivity contribution in [2.75, 3.05) is 41.4 Å². The minimum Gasteiger partial charge on any atom is -0.355 e. The minimum atomic E-state index is -0.602. The van der Waals surface area contributed by atoms with Crippen LogP contribution in [0.25, 0.3) is 0 Å². The van der Waals surface area contributed by atoms with Crippen LogP contribution in [-0.2, 0) is 0 Å². The van der Waals surface area contributed by atoms with E-state index in [4.69, 9.17) is 11.1 Å². The number of nitrogens with one attached hydrogen (secondary N) is 8. The number of carbonyl (C=O) groups is 3. The molecule has 0 saturated heterocycles. The van der Waals surface area contributed by atoms with Gasteiger partial charge < -0.3 is 26.6 Å². The molecule has 5 amide bonds. The van der Waals surface area contributed by atoms with E-state index < -0.39 is 18.0 Å². The summed E-state index contributed by atoms with van der Waals surface area (Å²) in [5.41, 5.74) is 11.9. The first kappa shape index (κ1) is 29.1. The van der Waals surface area contributed by atoms with E-state index in [-0.39, 0.29) is 17.2 Å². The molecule has 0 aromatic heterocycles. The molecule has 0 saturated carbocycles. The standard InChI is InChI=1S/C28H31N11O3/c1-16(38-39-26(29)30)17-5-3-7-19(13-17)35-28(42)37-23-15-21(9-10-22(23)25(40)31-2)36-27(41)34-20-8-4-6-18(14-20)24-32-11-12-33-24/h3-10,13-15H,11-12H2,1-2H3,(H,31,40)(H,32,33)(H4,29,30,39)(H2,34,36,41)(H2,35,37,42)/p+2/b38-16+. The summed E-state index contributed by atoms with van der Waals surface area (Å²) >= 11 is 0. The molecule has 1 heterocycles. The van der Waals surface area contributed by atoms with Gasteiger partial charge >= 0.3 is 18.0 Å². The molecule has 1 aliphatic heterocycles. The molecule has 0 atom stereocenters. The summed E-state index contributed by atoms with van der Waals surface area (Å²) in [7, 11) is 1.48. The maximum atomic E-state index is 12.9. The van der Waals surface area contributed by atoms with E-state index in [0.29, 0.717) is 28.3 Å². The van der Waals surface area contributed by atoms with Crippen molar-refractivity contribution < 1.29 is 24.8 Å². The number of anilines is 4. The Balaban J connectivity index is 1.46. The van der Waals surface area contributed by atoms with Crippen LogP contribution < -0.4 is 53.5 Å². The third kappa shape index (κ3) is 7.81. The normalized spacial score (nSPS) is 12.3. The number of urea groups is 2. The summed E-state index contributed by atoms with van der Waals surface area (Å²) in [5.74, 6) is 0.439. The molecule has 0 spiro atoms. The Morgan fingerprint density at radius 3 is 2.24 bits per heavy atom. The SMILES string of the molecule is CNC(=O)c1ccc(NC(=O)Nc2cccc(C3=[NH+]CCN3)c2)cc1NC(=O)Nc1cccc(/C(C)=N/NC(N)=[NH2+])c1. The van der Waals surface area contributed by atoms with E-state index in [2.05, 4.69) is 47.4 Å². The second kappa shape index (κ2) is 13.4. The largest absolute Gasteiger partial charge is 0.362 e. The average molecular weight is 572 g/mol. The number of hydrazone groups is 1. The van der Waals surface area contributed by atoms with Crippen molar-refractivity contribution >= 4 is 58.2 Å². The maximum Gasteiger partial charge on any atom is 0.362 e. The summed E-state index contributed by atoms with van der Waals surface area (Å²) < 4.78 is 0. The molecular formula is C28H33N11O3+2. The van der Waals surface area contributed by atoms with Crippen molar-refractivity contribution in [2.45, 2.75) is 6.92 Å². The van der Waals surface area contributed by atoms with Gasteiger partial charge in [0.05, 0.1) is 22.5 Å². The molecular weight excluding hydrogens is 538 g/mol. The van der Waals surface area contributed by atoms with Crippen LogP contribution >= 0.6 is 0 Å². The van der Waals surface area contributed by atoms with Gasteiger partial charge in [0.1, 0.15) is 13.1 Å². The van der Waals surface area contributed by atoms with Crippen LogP contribution in [0.5, 0.6) is 0 Å². The number of nitrogens with two attached hydrogens (primary N) is 2. The topological polar surface area (TPSA) is 213 Å². The fourth-order valence-electron chi connectivity index (χ4n) is 4.07. The molecule has 1 aliphatic rings. The summed E-state index contributed by atoms with van der Waals surface area (Å²) in [5, 5.41) is 26.2. The fourth-order valence-corrected chi connectivity index (χ4v) is 4.07. The molecule has 14 heteroatoms. The van der Waals surface area contributed by atoms with Crippen molar-refractivity contribution in [3.05, 3.63) is 83.4 Å². The number of carbonyl (C=O) groups excluding carboxylic acids is 3. The molecule has 0 bridgehead atoms. The van der Waals surface area contributed by atoms with Crippen LogP contribution in [0, 0.1) is 0 Å². The highest BCUT2D eigenvalue weighted by molar-refractivity contribution is 6.09. The summed E-state index contributed by atoms with van der Waals surface area (Å²) in [6.45, 7) is 3.41. The molecule has 3 aromatic carbocycles. The Labute approximate surface area is 241 Å². The van der Waals surface area contributed by atoms with E-state index in [1.807, 2.05) is 18.2 Å². The number of benzene rings is 3. The first-order valence-corrected chi connectivity index (χ1v) is 13.0. The van der Waals surface area contributed by atoms with E-state index in [1.165, 1.54) is 19.2 Å². The molecule has 3 aromatic rings. The molecule has 0 unspecified atom stereocenters. The monoisotopic (exact) mass is 571 g/mol. The van der Waals surface area contributed by atoms with E-state index in [9.17, 15) is 14.4 Å². The van der Waals surface area contributed by atoms with Gasteiger partial charge in [-0.3, -0.25) is 26.2 Å². The predicted octanol–water partition coefficient (Wildman–Crippen LogP) is -0.848. The Kier molecular flexibility index (Phi) is 9.30. The molecule has 42 heavy (non-hydrogen) atoms. The van der Waals surface area contributed by atoms with Gasteiger partial charge in [0, 0.05) is 29.7 Å². The van der Waals surface area contributed by atoms with E-state index >= 15 is 0 Å². The molecule has 0 aliphatic carbocycles. The Morgan fingerprint density at radius 2 is 1.57 bits per heavy atom. The minimum absolute atomic E-state index is 0.0492. The lowest BCUT2D eigenvalue weighted by atomic mass is 10.1. The smallest absolute Gasteiger partial charge is 0.355 e. The van der Waals surface area contributed by atoms with Crippen molar-refractivity contribution in [3.8, 4) is 0 Å². The third-order valence-electron chi connectivity index (χ3n) is 6.03. The number of rotatable bonds is 8. The zero-order chi connectivity index (χ0) is 30.1. The third-order valence-corrected chi connectivity index (χ3v) is 6.03. The number of hydrogen-bond acceptors (Lipinski definition) is 5. The van der Waals surface area contributed by atoms with E-state index in [1.54, 1.807) is 43.3 Å². The van der Waals surface area contributed by atoms with Gasteiger partial charge in [-0.25, -0.2) is 9.59 Å². The van der Waals surface area contributed by atoms with Crippen LogP contribution in [0.1, 0.15) is 28.4 Å². The zero-order valence-corrected chi connectivity index (χ0v) is 23.1. The van der Waals surface area contributed by atoms with Gasteiger partial charge in [-0.1, -0.05) is 18.2 Å². The number of amidine groups is 1. The molecule has 0 radical (unpaired) electrons. The lowest BCUT2D eigenvalue weighted by molar-refractivity contribution is -0.444. The van der Waals surface area contributed by atoms with Gasteiger partial charge in [0.25, 0.3) is 11.7 Å². The van der Waals surface area contributed by atoms with Gasteiger partial charge in [-0.15, -0.1) is 5.10 Å². The lowest BCUT2D eigenvalue weighted by Crippen LogP contribution is -2.70. The molecule has 4 rings (SSSR count). The summed E-state index contributed by atoms with van der Waals surface area (Å²) in [6, 6.07) is 17.8. The van der Waals surface area contributed by atoms with Gasteiger partial charge in [0.15, 0.2) is 0 Å². The van der Waals surface area contributed by atoms with E-state index in [0.717, 1.165) is 24.5 Å². The molecule has 216 valence electrons. The number of guanidine groups is 1. The Morgan fingerprint density at radius 1 is 0.905 bits per heavy atom. The van der Waals surface area contributed by atoms with Crippen molar-refractivity contribution in [1.29, 1.82) is 0 Å². The molecule has 14 nitrogen and oxygen atoms in total. The van der Waals surface area contributed by atoms with Gasteiger partial charge in [-0.2, -0.15) is 5.43 Å². The highest BCUT2D eigenvalue weighted by Crippen LogP contribution is 2.23. The van der Waals surface area contributed by atoms with Gasteiger partial charge in [-0.05, 0) is 55.5 Å². The zero-order valence-electron chi connectivity index (χ0n) is 23.1. The summed E-state index contributed by atoms with van der Waals surface area (Å²) in [6.07, 6.45) is 0. The van der Waals surface area contributed by atoms with Crippen molar-refractivity contribution in [2.24, 2.45) is 10.8 Å². The van der Waals surface area contributed by atoms with Crippen LogP contribution in [0.2, 0.25) is 0 Å². The number of amides is 5. The first-order chi connectivity index (χ1) is 20.2.